The zero-order chi connectivity index (χ0) is 22.7. The normalized spacial score (nSPS) is 20.8. The summed E-state index contributed by atoms with van der Waals surface area (Å²) in [5.41, 5.74) is 1.79. The lowest BCUT2D eigenvalue weighted by Gasteiger charge is -2.35. The molecule has 2 saturated heterocycles. The molecule has 172 valence electrons. The van der Waals surface area contributed by atoms with Crippen molar-refractivity contribution in [3.8, 4) is 0 Å². The molecule has 1 amide bonds. The monoisotopic (exact) mass is 476 g/mol. The number of halogens is 1. The summed E-state index contributed by atoms with van der Waals surface area (Å²) >= 11 is 5.90. The van der Waals surface area contributed by atoms with E-state index in [0.29, 0.717) is 24.4 Å². The fraction of sp³-hybridized carbons (Fsp3) is 0.435. The first-order valence-corrected chi connectivity index (χ1v) is 12.8. The van der Waals surface area contributed by atoms with Crippen molar-refractivity contribution in [3.05, 3.63) is 53.6 Å². The van der Waals surface area contributed by atoms with Crippen LogP contribution in [-0.4, -0.2) is 69.8 Å². The molecule has 2 aromatic rings. The number of para-hydroxylation sites is 2. The molecule has 0 aromatic heterocycles. The highest BCUT2D eigenvalue weighted by Crippen LogP contribution is 2.29. The number of rotatable bonds is 5. The number of likely N-dealkylation sites (N-methyl/N-ethyl adjacent to an activating group) is 1. The minimum atomic E-state index is -3.67. The van der Waals surface area contributed by atoms with E-state index < -0.39 is 15.9 Å². The molecule has 32 heavy (non-hydrogen) atoms. The van der Waals surface area contributed by atoms with Gasteiger partial charge in [-0.1, -0.05) is 23.7 Å². The van der Waals surface area contributed by atoms with E-state index in [-0.39, 0.29) is 17.3 Å². The maximum atomic E-state index is 13.1. The number of piperazine rings is 1. The van der Waals surface area contributed by atoms with Crippen molar-refractivity contribution in [2.24, 2.45) is 5.92 Å². The highest BCUT2D eigenvalue weighted by atomic mass is 35.5. The Morgan fingerprint density at radius 3 is 2.41 bits per heavy atom. The minimum absolute atomic E-state index is 0.136. The molecule has 0 bridgehead atoms. The quantitative estimate of drug-likeness (QED) is 0.717. The van der Waals surface area contributed by atoms with Crippen molar-refractivity contribution in [3.63, 3.8) is 0 Å². The molecule has 4 rings (SSSR count). The van der Waals surface area contributed by atoms with Crippen LogP contribution in [0, 0.1) is 5.92 Å². The maximum absolute atomic E-state index is 13.1. The number of hydrogen-bond acceptors (Lipinski definition) is 5. The summed E-state index contributed by atoms with van der Waals surface area (Å²) in [6.07, 6.45) is 1.31. The molecule has 2 fully saturated rings. The van der Waals surface area contributed by atoms with E-state index in [2.05, 4.69) is 22.2 Å². The summed E-state index contributed by atoms with van der Waals surface area (Å²) in [5.74, 6) is -0.533. The Balaban J connectivity index is 1.46. The molecular weight excluding hydrogens is 448 g/mol. The van der Waals surface area contributed by atoms with Gasteiger partial charge in [0.2, 0.25) is 15.9 Å². The zero-order valence-electron chi connectivity index (χ0n) is 18.2. The van der Waals surface area contributed by atoms with E-state index in [1.807, 2.05) is 24.3 Å². The van der Waals surface area contributed by atoms with E-state index in [1.165, 1.54) is 16.4 Å². The van der Waals surface area contributed by atoms with Crippen LogP contribution >= 0.6 is 11.6 Å². The predicted molar refractivity (Wildman–Crippen MR) is 128 cm³/mol. The van der Waals surface area contributed by atoms with Crippen LogP contribution in [0.1, 0.15) is 12.8 Å². The number of carbonyl (C=O) groups is 1. The lowest BCUT2D eigenvalue weighted by Crippen LogP contribution is -2.45. The smallest absolute Gasteiger partial charge is 0.243 e. The number of anilines is 2. The van der Waals surface area contributed by atoms with Crippen LogP contribution < -0.4 is 10.2 Å². The van der Waals surface area contributed by atoms with Crippen LogP contribution in [0.25, 0.3) is 0 Å². The van der Waals surface area contributed by atoms with Gasteiger partial charge in [-0.15, -0.1) is 0 Å². The Morgan fingerprint density at radius 1 is 1.00 bits per heavy atom. The highest BCUT2D eigenvalue weighted by molar-refractivity contribution is 7.89. The van der Waals surface area contributed by atoms with E-state index in [0.717, 1.165) is 37.6 Å². The second-order valence-corrected chi connectivity index (χ2v) is 10.8. The second-order valence-electron chi connectivity index (χ2n) is 8.45. The number of hydrogen-bond donors (Lipinski definition) is 1. The number of sulfonamides is 1. The second kappa shape index (κ2) is 9.79. The predicted octanol–water partition coefficient (Wildman–Crippen LogP) is 3.13. The average Bonchev–Trinajstić information content (AvgIpc) is 2.80. The average molecular weight is 477 g/mol. The third-order valence-corrected chi connectivity index (χ3v) is 8.34. The Kier molecular flexibility index (Phi) is 7.05. The Morgan fingerprint density at radius 2 is 1.69 bits per heavy atom. The first-order valence-electron chi connectivity index (χ1n) is 10.9. The van der Waals surface area contributed by atoms with Crippen molar-refractivity contribution in [1.82, 2.24) is 9.21 Å². The van der Waals surface area contributed by atoms with E-state index in [9.17, 15) is 13.2 Å². The zero-order valence-corrected chi connectivity index (χ0v) is 19.8. The van der Waals surface area contributed by atoms with Crippen molar-refractivity contribution < 1.29 is 13.2 Å². The van der Waals surface area contributed by atoms with Crippen LogP contribution in [-0.2, 0) is 14.8 Å². The first kappa shape index (κ1) is 23.0. The summed E-state index contributed by atoms with van der Waals surface area (Å²) in [7, 11) is -1.56. The third kappa shape index (κ3) is 5.09. The first-order chi connectivity index (χ1) is 15.3. The lowest BCUT2D eigenvalue weighted by atomic mass is 9.98. The number of amides is 1. The van der Waals surface area contributed by atoms with Gasteiger partial charge in [0, 0.05) is 44.3 Å². The molecule has 0 unspecified atom stereocenters. The molecule has 0 radical (unpaired) electrons. The molecule has 0 spiro atoms. The van der Waals surface area contributed by atoms with Crippen molar-refractivity contribution in [2.45, 2.75) is 17.7 Å². The molecule has 2 aliphatic heterocycles. The van der Waals surface area contributed by atoms with Gasteiger partial charge in [0.25, 0.3) is 0 Å². The van der Waals surface area contributed by atoms with Gasteiger partial charge in [-0.05, 0) is 56.3 Å². The van der Waals surface area contributed by atoms with Gasteiger partial charge < -0.3 is 15.1 Å². The highest BCUT2D eigenvalue weighted by Gasteiger charge is 2.33. The molecule has 7 nitrogen and oxygen atoms in total. The Hall–Kier alpha value is -2.13. The molecule has 2 heterocycles. The fourth-order valence-corrected chi connectivity index (χ4v) is 5.92. The van der Waals surface area contributed by atoms with Gasteiger partial charge in [-0.3, -0.25) is 4.79 Å². The largest absolute Gasteiger partial charge is 0.367 e. The van der Waals surface area contributed by atoms with Gasteiger partial charge in [-0.25, -0.2) is 8.42 Å². The summed E-state index contributed by atoms with van der Waals surface area (Å²) in [5, 5.41) is 3.56. The Labute approximate surface area is 195 Å². The van der Waals surface area contributed by atoms with E-state index in [1.54, 1.807) is 12.1 Å². The van der Waals surface area contributed by atoms with Crippen molar-refractivity contribution in [1.29, 1.82) is 0 Å². The molecule has 1 N–H and O–H groups in total. The number of nitrogens with one attached hydrogen (secondary N) is 1. The topological polar surface area (TPSA) is 73.0 Å². The van der Waals surface area contributed by atoms with Crippen LogP contribution in [0.15, 0.2) is 53.4 Å². The summed E-state index contributed by atoms with van der Waals surface area (Å²) in [6.45, 7) is 4.34. The summed E-state index contributed by atoms with van der Waals surface area (Å²) < 4.78 is 27.5. The lowest BCUT2D eigenvalue weighted by molar-refractivity contribution is -0.120. The van der Waals surface area contributed by atoms with Gasteiger partial charge in [-0.2, -0.15) is 4.31 Å². The molecule has 0 aliphatic carbocycles. The van der Waals surface area contributed by atoms with Gasteiger partial charge >= 0.3 is 0 Å². The van der Waals surface area contributed by atoms with Gasteiger partial charge in [0.15, 0.2) is 0 Å². The third-order valence-electron chi connectivity index (χ3n) is 6.21. The summed E-state index contributed by atoms with van der Waals surface area (Å²) in [6, 6.07) is 14.0. The summed E-state index contributed by atoms with van der Waals surface area (Å²) in [4.78, 5) is 17.9. The number of carbonyl (C=O) groups excluding carboxylic acids is 1. The number of benzene rings is 2. The van der Waals surface area contributed by atoms with E-state index in [4.69, 9.17) is 11.6 Å². The molecular formula is C23H29ClN4O3S. The van der Waals surface area contributed by atoms with Crippen LogP contribution in [0.3, 0.4) is 0 Å². The maximum Gasteiger partial charge on any atom is 0.243 e. The van der Waals surface area contributed by atoms with Crippen LogP contribution in [0.4, 0.5) is 11.4 Å². The molecule has 1 atom stereocenters. The van der Waals surface area contributed by atoms with Crippen LogP contribution in [0.2, 0.25) is 5.02 Å². The van der Waals surface area contributed by atoms with Crippen LogP contribution in [0.5, 0.6) is 0 Å². The van der Waals surface area contributed by atoms with Gasteiger partial charge in [0.05, 0.1) is 22.2 Å². The Bertz CT molecular complexity index is 1050. The van der Waals surface area contributed by atoms with Crippen molar-refractivity contribution >= 4 is 38.9 Å². The standard InChI is InChI=1S/C23H29ClN4O3S/c1-26-13-15-27(16-14-26)22-7-3-2-6-21(22)25-23(29)18-5-4-12-28(17-18)32(30,31)20-10-8-19(24)9-11-20/h2-3,6-11,18H,4-5,12-17H2,1H3,(H,25,29)/t18-/m1/s1. The molecule has 9 heteroatoms. The van der Waals surface area contributed by atoms with Gasteiger partial charge in [0.1, 0.15) is 0 Å². The molecule has 2 aliphatic rings. The molecule has 2 aromatic carbocycles. The minimum Gasteiger partial charge on any atom is -0.367 e. The number of nitrogens with zero attached hydrogens (tertiary/aromatic N) is 3. The number of piperidine rings is 1. The fourth-order valence-electron chi connectivity index (χ4n) is 4.27. The SMILES string of the molecule is CN1CCN(c2ccccc2NC(=O)[C@@H]2CCCN(S(=O)(=O)c3ccc(Cl)cc3)C2)CC1. The molecule has 0 saturated carbocycles. The van der Waals surface area contributed by atoms with E-state index >= 15 is 0 Å². The van der Waals surface area contributed by atoms with Crippen molar-refractivity contribution in [2.75, 3.05) is 56.5 Å².